The summed E-state index contributed by atoms with van der Waals surface area (Å²) in [5.41, 5.74) is 16.9. The van der Waals surface area contributed by atoms with Crippen molar-refractivity contribution in [3.05, 3.63) is 224 Å². The first-order valence-electron chi connectivity index (χ1n) is 19.4. The van der Waals surface area contributed by atoms with Crippen molar-refractivity contribution >= 4 is 44.6 Å². The van der Waals surface area contributed by atoms with E-state index in [1.54, 1.807) is 0 Å². The molecule has 270 valence electrons. The molecule has 3 nitrogen and oxygen atoms in total. The van der Waals surface area contributed by atoms with E-state index in [1.165, 1.54) is 32.9 Å². The predicted molar refractivity (Wildman–Crippen MR) is 242 cm³/mol. The van der Waals surface area contributed by atoms with Crippen molar-refractivity contribution in [2.24, 2.45) is 0 Å². The number of anilines is 4. The van der Waals surface area contributed by atoms with E-state index in [0.29, 0.717) is 0 Å². The lowest BCUT2D eigenvalue weighted by Gasteiger charge is -2.18. The molecule has 2 N–H and O–H groups in total. The number of hydrogen-bond acceptors (Lipinski definition) is 2. The molecule has 0 saturated carbocycles. The van der Waals surface area contributed by atoms with Gasteiger partial charge in [-0.3, -0.25) is 0 Å². The van der Waals surface area contributed by atoms with Crippen LogP contribution in [-0.4, -0.2) is 4.57 Å². The van der Waals surface area contributed by atoms with E-state index in [-0.39, 0.29) is 0 Å². The second-order valence-corrected chi connectivity index (χ2v) is 14.4. The first-order valence-corrected chi connectivity index (χ1v) is 19.4. The van der Waals surface area contributed by atoms with Crippen molar-refractivity contribution in [1.29, 1.82) is 0 Å². The monoisotopic (exact) mass is 729 g/mol. The Balaban J connectivity index is 1.10. The van der Waals surface area contributed by atoms with E-state index in [4.69, 9.17) is 0 Å². The molecule has 10 aromatic rings. The van der Waals surface area contributed by atoms with E-state index >= 15 is 0 Å². The number of nitrogens with zero attached hydrogens (tertiary/aromatic N) is 1. The Labute approximate surface area is 333 Å². The fourth-order valence-corrected chi connectivity index (χ4v) is 7.99. The largest absolute Gasteiger partial charge is 0.355 e. The van der Waals surface area contributed by atoms with Crippen LogP contribution in [0.2, 0.25) is 0 Å². The van der Waals surface area contributed by atoms with Crippen molar-refractivity contribution in [2.75, 3.05) is 10.6 Å². The first kappa shape index (κ1) is 33.9. The van der Waals surface area contributed by atoms with Crippen LogP contribution in [0.25, 0.3) is 72.0 Å². The molecule has 0 amide bonds. The minimum atomic E-state index is 1.04. The van der Waals surface area contributed by atoms with Gasteiger partial charge in [0.05, 0.1) is 11.0 Å². The molecule has 9 aromatic carbocycles. The summed E-state index contributed by atoms with van der Waals surface area (Å²) in [6.07, 6.45) is 0. The summed E-state index contributed by atoms with van der Waals surface area (Å²) in [5.74, 6) is 0. The fraction of sp³-hybridized carbons (Fsp3) is 0. The van der Waals surface area contributed by atoms with Crippen LogP contribution in [0.3, 0.4) is 0 Å². The van der Waals surface area contributed by atoms with Crippen molar-refractivity contribution in [3.63, 3.8) is 0 Å². The van der Waals surface area contributed by atoms with Crippen LogP contribution in [0.5, 0.6) is 0 Å². The molecular weight excluding hydrogens is 691 g/mol. The number of benzene rings is 9. The van der Waals surface area contributed by atoms with Crippen molar-refractivity contribution in [3.8, 4) is 50.2 Å². The lowest BCUT2D eigenvalue weighted by Crippen LogP contribution is -1.97. The molecule has 0 unspecified atom stereocenters. The van der Waals surface area contributed by atoms with Gasteiger partial charge in [0.25, 0.3) is 0 Å². The van der Waals surface area contributed by atoms with E-state index < -0.39 is 0 Å². The predicted octanol–water partition coefficient (Wildman–Crippen LogP) is 14.9. The summed E-state index contributed by atoms with van der Waals surface area (Å²) < 4.78 is 2.38. The van der Waals surface area contributed by atoms with Gasteiger partial charge >= 0.3 is 0 Å². The molecule has 0 spiro atoms. The summed E-state index contributed by atoms with van der Waals surface area (Å²) in [6.45, 7) is 0. The molecule has 0 radical (unpaired) electrons. The lowest BCUT2D eigenvalue weighted by atomic mass is 9.93. The van der Waals surface area contributed by atoms with Gasteiger partial charge in [-0.25, -0.2) is 0 Å². The first-order chi connectivity index (χ1) is 28.2. The van der Waals surface area contributed by atoms with E-state index in [9.17, 15) is 0 Å². The third-order valence-electron chi connectivity index (χ3n) is 10.8. The van der Waals surface area contributed by atoms with Crippen LogP contribution in [-0.2, 0) is 0 Å². The maximum Gasteiger partial charge on any atom is 0.0547 e. The molecule has 10 rings (SSSR count). The van der Waals surface area contributed by atoms with Crippen LogP contribution < -0.4 is 10.6 Å². The van der Waals surface area contributed by atoms with Crippen LogP contribution in [0, 0.1) is 0 Å². The maximum atomic E-state index is 3.77. The van der Waals surface area contributed by atoms with Gasteiger partial charge < -0.3 is 15.2 Å². The van der Waals surface area contributed by atoms with Crippen LogP contribution >= 0.6 is 0 Å². The summed E-state index contributed by atoms with van der Waals surface area (Å²) >= 11 is 0. The summed E-state index contributed by atoms with van der Waals surface area (Å²) in [4.78, 5) is 0. The molecular formula is C54H39N3. The van der Waals surface area contributed by atoms with Crippen molar-refractivity contribution < 1.29 is 0 Å². The molecule has 0 aliphatic carbocycles. The smallest absolute Gasteiger partial charge is 0.0547 e. The van der Waals surface area contributed by atoms with Crippen molar-refractivity contribution in [1.82, 2.24) is 4.57 Å². The molecule has 0 saturated heterocycles. The van der Waals surface area contributed by atoms with Gasteiger partial charge in [-0.2, -0.15) is 0 Å². The third kappa shape index (κ3) is 6.73. The number of para-hydroxylation sites is 3. The van der Waals surface area contributed by atoms with Gasteiger partial charge in [-0.15, -0.1) is 0 Å². The Hall–Kier alpha value is -7.62. The topological polar surface area (TPSA) is 29.0 Å². The second kappa shape index (κ2) is 14.9. The van der Waals surface area contributed by atoms with E-state index in [1.807, 2.05) is 6.07 Å². The average molecular weight is 730 g/mol. The Morgan fingerprint density at radius 2 is 0.772 bits per heavy atom. The second-order valence-electron chi connectivity index (χ2n) is 14.4. The van der Waals surface area contributed by atoms with E-state index in [0.717, 1.165) is 61.8 Å². The maximum absolute atomic E-state index is 3.77. The Morgan fingerprint density at radius 3 is 1.47 bits per heavy atom. The van der Waals surface area contributed by atoms with Crippen LogP contribution in [0.4, 0.5) is 22.7 Å². The molecule has 1 aromatic heterocycles. The Kier molecular flexibility index (Phi) is 8.86. The minimum Gasteiger partial charge on any atom is -0.355 e. The fourth-order valence-electron chi connectivity index (χ4n) is 7.99. The third-order valence-corrected chi connectivity index (χ3v) is 10.8. The SMILES string of the molecule is c1ccc(Nc2ccc(-c3ccc(Nc4cccc(-c5ccccc5)c4)c(-c4ccccc4)c3)cc2-c2ccc3c4ccccc4n(-c4ccccc4)c3c2)cc1. The van der Waals surface area contributed by atoms with E-state index in [2.05, 4.69) is 234 Å². The molecule has 57 heavy (non-hydrogen) atoms. The Bertz CT molecular complexity index is 2990. The molecule has 0 aliphatic rings. The highest BCUT2D eigenvalue weighted by Gasteiger charge is 2.16. The van der Waals surface area contributed by atoms with Gasteiger partial charge in [-0.05, 0) is 106 Å². The standard InChI is InChI=1S/C54H39N3/c1-5-16-38(17-6-1)40-20-15-23-45(34-40)56-51-32-29-41(35-49(51)39-18-7-2-8-19-39)42-30-33-52(55-44-21-9-3-10-22-44)50(36-42)43-28-31-48-47-26-13-14-27-53(47)57(54(48)37-43)46-24-11-4-12-25-46/h1-37,55-56H. The zero-order chi connectivity index (χ0) is 38.0. The normalized spacial score (nSPS) is 11.2. The zero-order valence-electron chi connectivity index (χ0n) is 31.3. The number of hydrogen-bond donors (Lipinski definition) is 2. The molecule has 0 atom stereocenters. The number of rotatable bonds is 9. The molecule has 0 bridgehead atoms. The number of nitrogens with one attached hydrogen (secondary N) is 2. The van der Waals surface area contributed by atoms with Gasteiger partial charge in [0.2, 0.25) is 0 Å². The molecule has 3 heteroatoms. The van der Waals surface area contributed by atoms with Gasteiger partial charge in [0, 0.05) is 50.3 Å². The summed E-state index contributed by atoms with van der Waals surface area (Å²) in [7, 11) is 0. The quantitative estimate of drug-likeness (QED) is 0.155. The number of aromatic nitrogens is 1. The Morgan fingerprint density at radius 1 is 0.281 bits per heavy atom. The van der Waals surface area contributed by atoms with Gasteiger partial charge in [0.1, 0.15) is 0 Å². The van der Waals surface area contributed by atoms with Crippen molar-refractivity contribution in [2.45, 2.75) is 0 Å². The molecule has 0 aliphatic heterocycles. The molecule has 0 fully saturated rings. The molecule has 1 heterocycles. The zero-order valence-corrected chi connectivity index (χ0v) is 31.3. The highest BCUT2D eigenvalue weighted by molar-refractivity contribution is 6.10. The minimum absolute atomic E-state index is 1.04. The van der Waals surface area contributed by atoms with Gasteiger partial charge in [-0.1, -0.05) is 152 Å². The summed E-state index contributed by atoms with van der Waals surface area (Å²) in [5, 5.41) is 9.99. The average Bonchev–Trinajstić information content (AvgIpc) is 3.62. The number of fused-ring (bicyclic) bond motifs is 3. The van der Waals surface area contributed by atoms with Crippen LogP contribution in [0.15, 0.2) is 224 Å². The summed E-state index contributed by atoms with van der Waals surface area (Å²) in [6, 6.07) is 80.0. The van der Waals surface area contributed by atoms with Crippen LogP contribution in [0.1, 0.15) is 0 Å². The highest BCUT2D eigenvalue weighted by atomic mass is 15.0. The lowest BCUT2D eigenvalue weighted by molar-refractivity contribution is 1.18. The highest BCUT2D eigenvalue weighted by Crippen LogP contribution is 2.41. The van der Waals surface area contributed by atoms with Gasteiger partial charge in [0.15, 0.2) is 0 Å².